The predicted molar refractivity (Wildman–Crippen MR) is 79.9 cm³/mol. The van der Waals surface area contributed by atoms with Crippen LogP contribution in [0.15, 0.2) is 28.7 Å². The Balaban J connectivity index is 1.85. The van der Waals surface area contributed by atoms with Crippen LogP contribution in [-0.2, 0) is 11.3 Å². The molecule has 0 saturated carbocycles. The third-order valence-corrected chi connectivity index (χ3v) is 4.26. The third-order valence-electron chi connectivity index (χ3n) is 3.49. The lowest BCUT2D eigenvalue weighted by molar-refractivity contribution is -0.126. The molecule has 5 heteroatoms. The summed E-state index contributed by atoms with van der Waals surface area (Å²) >= 11 is 3.49. The van der Waals surface area contributed by atoms with Crippen LogP contribution in [-0.4, -0.2) is 43.0 Å². The van der Waals surface area contributed by atoms with Gasteiger partial charge in [0.05, 0.1) is 6.04 Å². The second-order valence-corrected chi connectivity index (χ2v) is 5.63. The SMILES string of the molecule is CC(C(=O)NCc1ccccc1Br)N1CCNCC1. The Morgan fingerprint density at radius 3 is 2.79 bits per heavy atom. The summed E-state index contributed by atoms with van der Waals surface area (Å²) in [5.41, 5.74) is 1.10. The van der Waals surface area contributed by atoms with E-state index in [0.717, 1.165) is 36.2 Å². The molecule has 104 valence electrons. The number of carbonyl (C=O) groups excluding carboxylic acids is 1. The first-order valence-electron chi connectivity index (χ1n) is 6.64. The van der Waals surface area contributed by atoms with Crippen LogP contribution in [0, 0.1) is 0 Å². The van der Waals surface area contributed by atoms with Gasteiger partial charge in [-0.05, 0) is 18.6 Å². The highest BCUT2D eigenvalue weighted by atomic mass is 79.9. The van der Waals surface area contributed by atoms with Gasteiger partial charge in [0.25, 0.3) is 0 Å². The molecule has 0 radical (unpaired) electrons. The van der Waals surface area contributed by atoms with Crippen molar-refractivity contribution >= 4 is 21.8 Å². The van der Waals surface area contributed by atoms with Crippen molar-refractivity contribution < 1.29 is 4.79 Å². The first-order valence-corrected chi connectivity index (χ1v) is 7.43. The molecular weight excluding hydrogens is 306 g/mol. The highest BCUT2D eigenvalue weighted by molar-refractivity contribution is 9.10. The Labute approximate surface area is 122 Å². The van der Waals surface area contributed by atoms with E-state index in [1.165, 1.54) is 0 Å². The molecule has 1 aromatic rings. The second kappa shape index (κ2) is 7.03. The van der Waals surface area contributed by atoms with Crippen molar-refractivity contribution in [3.05, 3.63) is 34.3 Å². The fraction of sp³-hybridized carbons (Fsp3) is 0.500. The number of halogens is 1. The van der Waals surface area contributed by atoms with E-state index in [4.69, 9.17) is 0 Å². The summed E-state index contributed by atoms with van der Waals surface area (Å²) in [5.74, 6) is 0.0950. The van der Waals surface area contributed by atoms with Crippen LogP contribution in [0.25, 0.3) is 0 Å². The van der Waals surface area contributed by atoms with Gasteiger partial charge in [-0.1, -0.05) is 34.1 Å². The summed E-state index contributed by atoms with van der Waals surface area (Å²) in [4.78, 5) is 14.4. The molecular formula is C14H20BrN3O. The maximum atomic E-state index is 12.1. The first-order chi connectivity index (χ1) is 9.18. The van der Waals surface area contributed by atoms with E-state index < -0.39 is 0 Å². The van der Waals surface area contributed by atoms with Gasteiger partial charge in [0.1, 0.15) is 0 Å². The van der Waals surface area contributed by atoms with E-state index in [0.29, 0.717) is 6.54 Å². The van der Waals surface area contributed by atoms with E-state index in [9.17, 15) is 4.79 Å². The minimum atomic E-state index is -0.0652. The maximum Gasteiger partial charge on any atom is 0.237 e. The van der Waals surface area contributed by atoms with E-state index in [2.05, 4.69) is 31.5 Å². The fourth-order valence-electron chi connectivity index (χ4n) is 2.21. The molecule has 1 aliphatic heterocycles. The largest absolute Gasteiger partial charge is 0.351 e. The van der Waals surface area contributed by atoms with Crippen molar-refractivity contribution in [2.45, 2.75) is 19.5 Å². The van der Waals surface area contributed by atoms with Crippen molar-refractivity contribution in [2.24, 2.45) is 0 Å². The number of rotatable bonds is 4. The zero-order chi connectivity index (χ0) is 13.7. The van der Waals surface area contributed by atoms with Gasteiger partial charge in [0.15, 0.2) is 0 Å². The molecule has 1 aromatic carbocycles. The van der Waals surface area contributed by atoms with E-state index in [1.54, 1.807) is 0 Å². The van der Waals surface area contributed by atoms with Crippen LogP contribution < -0.4 is 10.6 Å². The second-order valence-electron chi connectivity index (χ2n) is 4.77. The van der Waals surface area contributed by atoms with E-state index in [1.807, 2.05) is 31.2 Å². The molecule has 1 aliphatic rings. The summed E-state index contributed by atoms with van der Waals surface area (Å²) in [5, 5.41) is 6.30. The molecule has 1 heterocycles. The summed E-state index contributed by atoms with van der Waals surface area (Å²) in [7, 11) is 0. The Morgan fingerprint density at radius 2 is 2.11 bits per heavy atom. The van der Waals surface area contributed by atoms with Crippen LogP contribution in [0.3, 0.4) is 0 Å². The quantitative estimate of drug-likeness (QED) is 0.878. The van der Waals surface area contributed by atoms with Crippen LogP contribution in [0.4, 0.5) is 0 Å². The smallest absolute Gasteiger partial charge is 0.237 e. The van der Waals surface area contributed by atoms with Crippen LogP contribution in [0.5, 0.6) is 0 Å². The molecule has 0 aliphatic carbocycles. The van der Waals surface area contributed by atoms with Crippen molar-refractivity contribution in [1.29, 1.82) is 0 Å². The predicted octanol–water partition coefficient (Wildman–Crippen LogP) is 1.36. The van der Waals surface area contributed by atoms with Gasteiger partial charge in [-0.15, -0.1) is 0 Å². The van der Waals surface area contributed by atoms with Gasteiger partial charge in [-0.2, -0.15) is 0 Å². The summed E-state index contributed by atoms with van der Waals surface area (Å²) < 4.78 is 1.03. The normalized spacial score (nSPS) is 18.0. The molecule has 4 nitrogen and oxygen atoms in total. The number of nitrogens with one attached hydrogen (secondary N) is 2. The number of piperazine rings is 1. The Kier molecular flexibility index (Phi) is 5.36. The summed E-state index contributed by atoms with van der Waals surface area (Å²) in [6.07, 6.45) is 0. The van der Waals surface area contributed by atoms with Gasteiger partial charge >= 0.3 is 0 Å². The summed E-state index contributed by atoms with van der Waals surface area (Å²) in [6, 6.07) is 7.89. The number of amides is 1. The molecule has 1 saturated heterocycles. The lowest BCUT2D eigenvalue weighted by Gasteiger charge is -2.31. The highest BCUT2D eigenvalue weighted by Gasteiger charge is 2.22. The lowest BCUT2D eigenvalue weighted by atomic mass is 10.2. The van der Waals surface area contributed by atoms with Gasteiger partial charge in [0, 0.05) is 37.2 Å². The molecule has 0 aromatic heterocycles. The van der Waals surface area contributed by atoms with Crippen molar-refractivity contribution in [1.82, 2.24) is 15.5 Å². The molecule has 1 unspecified atom stereocenters. The molecule has 0 spiro atoms. The Bertz CT molecular complexity index is 432. The minimum Gasteiger partial charge on any atom is -0.351 e. The fourth-order valence-corrected chi connectivity index (χ4v) is 2.63. The minimum absolute atomic E-state index is 0.0652. The van der Waals surface area contributed by atoms with Crippen LogP contribution in [0.2, 0.25) is 0 Å². The van der Waals surface area contributed by atoms with E-state index in [-0.39, 0.29) is 11.9 Å². The van der Waals surface area contributed by atoms with Crippen molar-refractivity contribution in [2.75, 3.05) is 26.2 Å². The van der Waals surface area contributed by atoms with Crippen molar-refractivity contribution in [3.63, 3.8) is 0 Å². The monoisotopic (exact) mass is 325 g/mol. The number of benzene rings is 1. The average molecular weight is 326 g/mol. The summed E-state index contributed by atoms with van der Waals surface area (Å²) in [6.45, 7) is 6.33. The number of nitrogens with zero attached hydrogens (tertiary/aromatic N) is 1. The zero-order valence-corrected chi connectivity index (χ0v) is 12.7. The molecule has 0 bridgehead atoms. The van der Waals surface area contributed by atoms with Crippen molar-refractivity contribution in [3.8, 4) is 0 Å². The Hall–Kier alpha value is -0.910. The maximum absolute atomic E-state index is 12.1. The first kappa shape index (κ1) is 14.5. The molecule has 1 atom stereocenters. The highest BCUT2D eigenvalue weighted by Crippen LogP contribution is 2.15. The Morgan fingerprint density at radius 1 is 1.42 bits per heavy atom. The third kappa shape index (κ3) is 4.03. The number of hydrogen-bond donors (Lipinski definition) is 2. The number of carbonyl (C=O) groups is 1. The standard InChI is InChI=1S/C14H20BrN3O/c1-11(18-8-6-16-7-9-18)14(19)17-10-12-4-2-3-5-13(12)15/h2-5,11,16H,6-10H2,1H3,(H,17,19). The topological polar surface area (TPSA) is 44.4 Å². The van der Waals surface area contributed by atoms with Gasteiger partial charge in [-0.25, -0.2) is 0 Å². The molecule has 2 N–H and O–H groups in total. The molecule has 19 heavy (non-hydrogen) atoms. The number of hydrogen-bond acceptors (Lipinski definition) is 3. The molecule has 2 rings (SSSR count). The van der Waals surface area contributed by atoms with Crippen LogP contribution in [0.1, 0.15) is 12.5 Å². The molecule has 1 fully saturated rings. The average Bonchev–Trinajstić information content (AvgIpc) is 2.46. The van der Waals surface area contributed by atoms with Crippen LogP contribution >= 0.6 is 15.9 Å². The van der Waals surface area contributed by atoms with Gasteiger partial charge < -0.3 is 10.6 Å². The van der Waals surface area contributed by atoms with E-state index >= 15 is 0 Å². The molecule has 1 amide bonds. The van der Waals surface area contributed by atoms with Gasteiger partial charge in [0.2, 0.25) is 5.91 Å². The lowest BCUT2D eigenvalue weighted by Crippen LogP contribution is -2.52. The zero-order valence-electron chi connectivity index (χ0n) is 11.2. The van der Waals surface area contributed by atoms with Gasteiger partial charge in [-0.3, -0.25) is 9.69 Å².